The number of aromatic nitrogens is 1. The van der Waals surface area contributed by atoms with Crippen LogP contribution in [0.25, 0.3) is 0 Å². The predicted octanol–water partition coefficient (Wildman–Crippen LogP) is 2.44. The van der Waals surface area contributed by atoms with Crippen LogP contribution in [0.2, 0.25) is 0 Å². The van der Waals surface area contributed by atoms with E-state index in [0.29, 0.717) is 11.9 Å². The summed E-state index contributed by atoms with van der Waals surface area (Å²) >= 11 is 1.68. The molecule has 0 aliphatic carbocycles. The van der Waals surface area contributed by atoms with Gasteiger partial charge in [-0.3, -0.25) is 14.6 Å². The van der Waals surface area contributed by atoms with Gasteiger partial charge in [0.05, 0.1) is 17.1 Å². The maximum atomic E-state index is 12.7. The predicted molar refractivity (Wildman–Crippen MR) is 101 cm³/mol. The van der Waals surface area contributed by atoms with E-state index in [0.717, 1.165) is 45.7 Å². The maximum Gasteiger partial charge on any atom is 0.226 e. The summed E-state index contributed by atoms with van der Waals surface area (Å²) < 4.78 is 0. The summed E-state index contributed by atoms with van der Waals surface area (Å²) in [5.41, 5.74) is 3.13. The number of rotatable bonds is 4. The smallest absolute Gasteiger partial charge is 0.226 e. The van der Waals surface area contributed by atoms with Crippen molar-refractivity contribution in [1.82, 2.24) is 19.7 Å². The fourth-order valence-electron chi connectivity index (χ4n) is 4.72. The molecule has 1 aromatic heterocycles. The fraction of sp³-hybridized carbons (Fsp3) is 0.789. The number of amides is 1. The Balaban J connectivity index is 1.26. The molecule has 138 valence electrons. The number of piperidine rings is 2. The summed E-state index contributed by atoms with van der Waals surface area (Å²) in [6, 6.07) is 0.667. The lowest BCUT2D eigenvalue weighted by Crippen LogP contribution is -2.51. The maximum absolute atomic E-state index is 12.7. The van der Waals surface area contributed by atoms with E-state index < -0.39 is 0 Å². The summed E-state index contributed by atoms with van der Waals surface area (Å²) in [5.74, 6) is 0.683. The summed E-state index contributed by atoms with van der Waals surface area (Å²) in [4.78, 5) is 24.4. The Morgan fingerprint density at radius 2 is 1.88 bits per heavy atom. The first kappa shape index (κ1) is 17.4. The average molecular weight is 363 g/mol. The highest BCUT2D eigenvalue weighted by molar-refractivity contribution is 7.07. The second-order valence-electron chi connectivity index (χ2n) is 7.85. The van der Waals surface area contributed by atoms with Crippen molar-refractivity contribution < 1.29 is 4.79 Å². The largest absolute Gasteiger partial charge is 0.342 e. The van der Waals surface area contributed by atoms with Crippen LogP contribution in [0, 0.1) is 5.92 Å². The minimum atomic E-state index is 0.250. The van der Waals surface area contributed by atoms with Gasteiger partial charge in [-0.05, 0) is 45.1 Å². The van der Waals surface area contributed by atoms with Crippen molar-refractivity contribution in [3.63, 3.8) is 0 Å². The average Bonchev–Trinajstić information content (AvgIpc) is 3.36. The highest BCUT2D eigenvalue weighted by Crippen LogP contribution is 2.26. The number of likely N-dealkylation sites (tertiary alicyclic amines) is 3. The fourth-order valence-corrected chi connectivity index (χ4v) is 5.27. The molecule has 3 fully saturated rings. The molecule has 0 spiro atoms. The molecule has 25 heavy (non-hydrogen) atoms. The van der Waals surface area contributed by atoms with E-state index in [1.54, 1.807) is 11.3 Å². The molecule has 1 atom stereocenters. The Morgan fingerprint density at radius 1 is 1.08 bits per heavy atom. The molecule has 0 radical (unpaired) electrons. The Labute approximate surface area is 155 Å². The van der Waals surface area contributed by atoms with Crippen molar-refractivity contribution in [1.29, 1.82) is 0 Å². The van der Waals surface area contributed by atoms with Gasteiger partial charge in [-0.2, -0.15) is 0 Å². The van der Waals surface area contributed by atoms with Crippen LogP contribution in [0.3, 0.4) is 0 Å². The highest BCUT2D eigenvalue weighted by Gasteiger charge is 2.34. The van der Waals surface area contributed by atoms with E-state index in [1.807, 2.05) is 5.51 Å². The Hall–Kier alpha value is -0.980. The molecule has 4 heterocycles. The van der Waals surface area contributed by atoms with Crippen LogP contribution in [0.5, 0.6) is 0 Å². The molecule has 5 nitrogen and oxygen atoms in total. The van der Waals surface area contributed by atoms with Gasteiger partial charge in [0.2, 0.25) is 5.91 Å². The molecule has 3 saturated heterocycles. The van der Waals surface area contributed by atoms with Crippen molar-refractivity contribution >= 4 is 17.2 Å². The van der Waals surface area contributed by atoms with Gasteiger partial charge in [-0.1, -0.05) is 0 Å². The first-order valence-corrected chi connectivity index (χ1v) is 10.9. The number of carbonyl (C=O) groups is 1. The highest BCUT2D eigenvalue weighted by atomic mass is 32.1. The lowest BCUT2D eigenvalue weighted by Gasteiger charge is -2.42. The lowest BCUT2D eigenvalue weighted by atomic mass is 9.93. The van der Waals surface area contributed by atoms with Crippen molar-refractivity contribution in [3.05, 3.63) is 16.6 Å². The topological polar surface area (TPSA) is 39.7 Å². The summed E-state index contributed by atoms with van der Waals surface area (Å²) in [6.45, 7) is 7.46. The summed E-state index contributed by atoms with van der Waals surface area (Å²) in [7, 11) is 0. The minimum Gasteiger partial charge on any atom is -0.342 e. The zero-order valence-electron chi connectivity index (χ0n) is 15.1. The summed E-state index contributed by atoms with van der Waals surface area (Å²) in [5, 5.41) is 2.16. The van der Waals surface area contributed by atoms with Crippen LogP contribution < -0.4 is 0 Å². The molecule has 1 aromatic rings. The van der Waals surface area contributed by atoms with Crippen LogP contribution in [-0.4, -0.2) is 70.9 Å². The molecule has 3 aliphatic rings. The van der Waals surface area contributed by atoms with Crippen molar-refractivity contribution in [2.75, 3.05) is 39.3 Å². The normalized spacial score (nSPS) is 27.0. The quantitative estimate of drug-likeness (QED) is 0.825. The molecule has 0 aromatic carbocycles. The van der Waals surface area contributed by atoms with E-state index in [9.17, 15) is 4.79 Å². The van der Waals surface area contributed by atoms with Gasteiger partial charge >= 0.3 is 0 Å². The second kappa shape index (κ2) is 8.14. The number of carbonyl (C=O) groups excluding carboxylic acids is 1. The Bertz CT molecular complexity index is 550. The third kappa shape index (κ3) is 4.23. The minimum absolute atomic E-state index is 0.250. The third-order valence-electron chi connectivity index (χ3n) is 6.16. The van der Waals surface area contributed by atoms with E-state index in [4.69, 9.17) is 0 Å². The van der Waals surface area contributed by atoms with Gasteiger partial charge in [0.15, 0.2) is 0 Å². The van der Waals surface area contributed by atoms with Gasteiger partial charge in [0, 0.05) is 50.7 Å². The molecule has 0 bridgehead atoms. The van der Waals surface area contributed by atoms with Crippen molar-refractivity contribution in [2.45, 2.75) is 51.1 Å². The van der Waals surface area contributed by atoms with Gasteiger partial charge in [-0.15, -0.1) is 11.3 Å². The van der Waals surface area contributed by atoms with E-state index in [1.165, 1.54) is 44.3 Å². The molecular weight excluding hydrogens is 332 g/mol. The third-order valence-corrected chi connectivity index (χ3v) is 6.80. The van der Waals surface area contributed by atoms with Gasteiger partial charge < -0.3 is 4.90 Å². The number of nitrogens with zero attached hydrogens (tertiary/aromatic N) is 4. The monoisotopic (exact) mass is 362 g/mol. The van der Waals surface area contributed by atoms with Crippen LogP contribution in [0.1, 0.15) is 44.2 Å². The van der Waals surface area contributed by atoms with Crippen LogP contribution in [0.4, 0.5) is 0 Å². The number of hydrogen-bond acceptors (Lipinski definition) is 5. The standard InChI is InChI=1S/C19H30N4OS/c24-19(22-7-1-2-8-22)16-4-3-9-23(12-16)18-5-10-21(11-6-18)13-17-14-25-15-20-17/h14-16,18H,1-13H2/t16-/m1/s1. The van der Waals surface area contributed by atoms with Gasteiger partial charge in [-0.25, -0.2) is 4.98 Å². The molecule has 1 amide bonds. The van der Waals surface area contributed by atoms with E-state index >= 15 is 0 Å². The Kier molecular flexibility index (Phi) is 5.68. The molecule has 0 unspecified atom stereocenters. The van der Waals surface area contributed by atoms with E-state index in [-0.39, 0.29) is 5.92 Å². The first-order valence-electron chi connectivity index (χ1n) is 9.92. The molecular formula is C19H30N4OS. The molecule has 0 saturated carbocycles. The molecule has 0 N–H and O–H groups in total. The first-order chi connectivity index (χ1) is 12.3. The molecule has 4 rings (SSSR count). The van der Waals surface area contributed by atoms with Crippen LogP contribution >= 0.6 is 11.3 Å². The number of hydrogen-bond donors (Lipinski definition) is 0. The lowest BCUT2D eigenvalue weighted by molar-refractivity contribution is -0.136. The zero-order chi connectivity index (χ0) is 17.1. The van der Waals surface area contributed by atoms with Gasteiger partial charge in [0.25, 0.3) is 0 Å². The Morgan fingerprint density at radius 3 is 2.60 bits per heavy atom. The molecule has 6 heteroatoms. The second-order valence-corrected chi connectivity index (χ2v) is 8.57. The van der Waals surface area contributed by atoms with Crippen molar-refractivity contribution in [3.8, 4) is 0 Å². The van der Waals surface area contributed by atoms with Crippen molar-refractivity contribution in [2.24, 2.45) is 5.92 Å². The van der Waals surface area contributed by atoms with Gasteiger partial charge in [0.1, 0.15) is 0 Å². The SMILES string of the molecule is O=C([C@@H]1CCCN(C2CCN(Cc3cscn3)CC2)C1)N1CCCC1. The zero-order valence-corrected chi connectivity index (χ0v) is 15.9. The summed E-state index contributed by atoms with van der Waals surface area (Å²) in [6.07, 6.45) is 7.13. The van der Waals surface area contributed by atoms with E-state index in [2.05, 4.69) is 25.1 Å². The van der Waals surface area contributed by atoms with Crippen LogP contribution in [0.15, 0.2) is 10.9 Å². The van der Waals surface area contributed by atoms with Crippen LogP contribution in [-0.2, 0) is 11.3 Å². The molecule has 3 aliphatic heterocycles. The number of thiazole rings is 1.